The largest absolute Gasteiger partial charge is 0.460 e. The first kappa shape index (κ1) is 24.1. The number of unbranched alkanes of at least 4 members (excludes halogenated alkanes) is 2. The molecule has 2 fully saturated rings. The van der Waals surface area contributed by atoms with Gasteiger partial charge in [-0.1, -0.05) is 12.5 Å². The second-order valence-electron chi connectivity index (χ2n) is 10.1. The van der Waals surface area contributed by atoms with Crippen molar-refractivity contribution in [3.63, 3.8) is 0 Å². The van der Waals surface area contributed by atoms with Crippen molar-refractivity contribution in [2.75, 3.05) is 29.9 Å². The van der Waals surface area contributed by atoms with E-state index in [0.717, 1.165) is 63.0 Å². The monoisotopic (exact) mass is 443 g/mol. The number of hydrogen-bond acceptors (Lipinski definition) is 6. The second kappa shape index (κ2) is 10.4. The summed E-state index contributed by atoms with van der Waals surface area (Å²) in [6.45, 7) is 7.97. The number of benzene rings is 1. The van der Waals surface area contributed by atoms with Gasteiger partial charge in [0.1, 0.15) is 5.60 Å². The Morgan fingerprint density at radius 1 is 1.19 bits per heavy atom. The molecule has 1 aromatic carbocycles. The Balaban J connectivity index is 1.43. The molecular weight excluding hydrogens is 406 g/mol. The van der Waals surface area contributed by atoms with Gasteiger partial charge in [0.05, 0.1) is 5.41 Å². The highest BCUT2D eigenvalue weighted by molar-refractivity contribution is 5.99. The van der Waals surface area contributed by atoms with Crippen LogP contribution in [0, 0.1) is 5.41 Å². The number of nitrogens with one attached hydrogen (secondary N) is 2. The first-order chi connectivity index (χ1) is 15.2. The minimum absolute atomic E-state index is 0.108. The zero-order valence-electron chi connectivity index (χ0n) is 19.7. The molecular formula is C25H37N3O4. The highest BCUT2D eigenvalue weighted by Crippen LogP contribution is 2.39. The maximum atomic E-state index is 12.6. The van der Waals surface area contributed by atoms with E-state index in [1.807, 2.05) is 32.9 Å². The van der Waals surface area contributed by atoms with Gasteiger partial charge in [-0.2, -0.15) is 0 Å². The van der Waals surface area contributed by atoms with E-state index in [2.05, 4.69) is 27.7 Å². The van der Waals surface area contributed by atoms with E-state index >= 15 is 0 Å². The van der Waals surface area contributed by atoms with Crippen molar-refractivity contribution >= 4 is 29.2 Å². The summed E-state index contributed by atoms with van der Waals surface area (Å²) in [5, 5.41) is 6.04. The van der Waals surface area contributed by atoms with Crippen LogP contribution in [0.1, 0.15) is 72.1 Å². The molecule has 1 atom stereocenters. The first-order valence-electron chi connectivity index (χ1n) is 11.8. The summed E-state index contributed by atoms with van der Waals surface area (Å²) >= 11 is 0. The van der Waals surface area contributed by atoms with Gasteiger partial charge in [0.2, 0.25) is 11.8 Å². The summed E-state index contributed by atoms with van der Waals surface area (Å²) in [6, 6.07) is 8.28. The Morgan fingerprint density at radius 2 is 2.00 bits per heavy atom. The van der Waals surface area contributed by atoms with Crippen LogP contribution in [0.15, 0.2) is 24.3 Å². The second-order valence-corrected chi connectivity index (χ2v) is 10.1. The zero-order valence-corrected chi connectivity index (χ0v) is 19.7. The number of ether oxygens (including phenoxy) is 1. The van der Waals surface area contributed by atoms with Gasteiger partial charge in [-0.3, -0.25) is 19.7 Å². The molecule has 1 spiro atoms. The van der Waals surface area contributed by atoms with Crippen molar-refractivity contribution in [2.24, 2.45) is 5.41 Å². The molecule has 2 aliphatic rings. The molecule has 0 radical (unpaired) electrons. The molecule has 32 heavy (non-hydrogen) atoms. The van der Waals surface area contributed by atoms with Crippen LogP contribution in [-0.2, 0) is 19.1 Å². The highest BCUT2D eigenvalue weighted by atomic mass is 16.6. The van der Waals surface area contributed by atoms with Gasteiger partial charge in [-0.15, -0.1) is 0 Å². The van der Waals surface area contributed by atoms with E-state index in [1.54, 1.807) is 0 Å². The average Bonchev–Trinajstić information content (AvgIpc) is 3.09. The van der Waals surface area contributed by atoms with Gasteiger partial charge in [0.25, 0.3) is 0 Å². The van der Waals surface area contributed by atoms with Crippen LogP contribution in [0.25, 0.3) is 0 Å². The molecule has 2 aliphatic heterocycles. The Morgan fingerprint density at radius 3 is 2.78 bits per heavy atom. The Bertz CT molecular complexity index is 833. The number of anilines is 2. The van der Waals surface area contributed by atoms with Crippen molar-refractivity contribution in [1.82, 2.24) is 5.32 Å². The van der Waals surface area contributed by atoms with Gasteiger partial charge in [-0.05, 0) is 71.1 Å². The molecule has 7 nitrogen and oxygen atoms in total. The lowest BCUT2D eigenvalue weighted by Crippen LogP contribution is -2.43. The predicted molar refractivity (Wildman–Crippen MR) is 126 cm³/mol. The molecule has 1 aromatic rings. The van der Waals surface area contributed by atoms with Gasteiger partial charge >= 0.3 is 5.97 Å². The van der Waals surface area contributed by atoms with E-state index < -0.39 is 11.0 Å². The van der Waals surface area contributed by atoms with Gasteiger partial charge in [0.15, 0.2) is 0 Å². The van der Waals surface area contributed by atoms with Crippen LogP contribution in [-0.4, -0.2) is 43.0 Å². The van der Waals surface area contributed by atoms with Crippen molar-refractivity contribution in [1.29, 1.82) is 0 Å². The number of imide groups is 1. The summed E-state index contributed by atoms with van der Waals surface area (Å²) in [5.41, 5.74) is 1.27. The van der Waals surface area contributed by atoms with Crippen LogP contribution < -0.4 is 15.5 Å². The fourth-order valence-electron chi connectivity index (χ4n) is 4.51. The van der Waals surface area contributed by atoms with E-state index in [1.165, 1.54) is 0 Å². The lowest BCUT2D eigenvalue weighted by Gasteiger charge is -2.26. The summed E-state index contributed by atoms with van der Waals surface area (Å²) in [4.78, 5) is 38.3. The minimum Gasteiger partial charge on any atom is -0.460 e. The van der Waals surface area contributed by atoms with Crippen molar-refractivity contribution in [3.05, 3.63) is 24.3 Å². The molecule has 3 rings (SSSR count). The van der Waals surface area contributed by atoms with E-state index in [4.69, 9.17) is 4.74 Å². The number of esters is 1. The SMILES string of the molecule is CC(C)(C)OC(=O)CCCCCNc1cccc(N2CCC3(CCCC(=O)NC3=O)C2)c1. The number of rotatable bonds is 8. The van der Waals surface area contributed by atoms with E-state index in [0.29, 0.717) is 19.4 Å². The van der Waals surface area contributed by atoms with Gasteiger partial charge in [0, 0.05) is 43.9 Å². The fourth-order valence-corrected chi connectivity index (χ4v) is 4.51. The molecule has 2 saturated heterocycles. The van der Waals surface area contributed by atoms with Crippen LogP contribution in [0.4, 0.5) is 11.4 Å². The molecule has 0 aromatic heterocycles. The molecule has 1 unspecified atom stereocenters. The standard InChI is InChI=1S/C25H37N3O4/c1-24(2,3)32-22(30)12-5-4-6-15-26-19-9-7-10-20(17-19)28-16-14-25(18-28)13-8-11-21(29)27-23(25)31/h7,9-10,17,26H,4-6,8,11-16,18H2,1-3H3,(H,27,29,31). The van der Waals surface area contributed by atoms with Gasteiger partial charge in [-0.25, -0.2) is 0 Å². The molecule has 0 saturated carbocycles. The van der Waals surface area contributed by atoms with E-state index in [9.17, 15) is 14.4 Å². The zero-order chi connectivity index (χ0) is 23.2. The lowest BCUT2D eigenvalue weighted by molar-refractivity contribution is -0.155. The predicted octanol–water partition coefficient (Wildman–Crippen LogP) is 4.02. The maximum Gasteiger partial charge on any atom is 0.306 e. The van der Waals surface area contributed by atoms with Crippen molar-refractivity contribution in [2.45, 2.75) is 77.7 Å². The number of carbonyl (C=O) groups excluding carboxylic acids is 3. The summed E-state index contributed by atoms with van der Waals surface area (Å²) in [6.07, 6.45) is 5.98. The van der Waals surface area contributed by atoms with Crippen LogP contribution in [0.3, 0.4) is 0 Å². The molecule has 0 bridgehead atoms. The number of amides is 2. The number of nitrogens with zero attached hydrogens (tertiary/aromatic N) is 1. The normalized spacial score (nSPS) is 21.4. The highest BCUT2D eigenvalue weighted by Gasteiger charge is 2.46. The van der Waals surface area contributed by atoms with E-state index in [-0.39, 0.29) is 17.8 Å². The third kappa shape index (κ3) is 6.71. The first-order valence-corrected chi connectivity index (χ1v) is 11.8. The number of carbonyl (C=O) groups is 3. The Hall–Kier alpha value is -2.57. The summed E-state index contributed by atoms with van der Waals surface area (Å²) in [7, 11) is 0. The van der Waals surface area contributed by atoms with Gasteiger partial charge < -0.3 is 15.0 Å². The fraction of sp³-hybridized carbons (Fsp3) is 0.640. The lowest BCUT2D eigenvalue weighted by atomic mass is 9.82. The van der Waals surface area contributed by atoms with Crippen LogP contribution >= 0.6 is 0 Å². The molecule has 2 heterocycles. The Kier molecular flexibility index (Phi) is 7.80. The Labute approximate surface area is 191 Å². The molecule has 0 aliphatic carbocycles. The molecule has 2 amide bonds. The van der Waals surface area contributed by atoms with Crippen molar-refractivity contribution < 1.29 is 19.1 Å². The third-order valence-electron chi connectivity index (χ3n) is 6.17. The maximum absolute atomic E-state index is 12.6. The minimum atomic E-state index is -0.455. The third-order valence-corrected chi connectivity index (χ3v) is 6.17. The molecule has 7 heteroatoms. The molecule has 176 valence electrons. The quantitative estimate of drug-likeness (QED) is 0.358. The number of hydrogen-bond donors (Lipinski definition) is 2. The summed E-state index contributed by atoms with van der Waals surface area (Å²) in [5.74, 6) is -0.390. The van der Waals surface area contributed by atoms with Crippen LogP contribution in [0.2, 0.25) is 0 Å². The topological polar surface area (TPSA) is 87.7 Å². The summed E-state index contributed by atoms with van der Waals surface area (Å²) < 4.78 is 5.34. The van der Waals surface area contributed by atoms with Crippen molar-refractivity contribution in [3.8, 4) is 0 Å². The smallest absolute Gasteiger partial charge is 0.306 e. The molecule has 2 N–H and O–H groups in total. The van der Waals surface area contributed by atoms with Crippen LogP contribution in [0.5, 0.6) is 0 Å². The average molecular weight is 444 g/mol.